The van der Waals surface area contributed by atoms with Gasteiger partial charge in [-0.3, -0.25) is 4.18 Å². The van der Waals surface area contributed by atoms with Crippen molar-refractivity contribution >= 4 is 10.4 Å². The highest BCUT2D eigenvalue weighted by Crippen LogP contribution is 2.12. The predicted octanol–water partition coefficient (Wildman–Crippen LogP) is 1.40. The van der Waals surface area contributed by atoms with Crippen LogP contribution in [0, 0.1) is 0 Å². The minimum Gasteiger partial charge on any atom is -0.726 e. The van der Waals surface area contributed by atoms with E-state index in [4.69, 9.17) is 5.11 Å². The number of hydrogen-bond donors (Lipinski definition) is 3. The van der Waals surface area contributed by atoms with Crippen molar-refractivity contribution in [1.29, 1.82) is 0 Å². The Morgan fingerprint density at radius 2 is 1.33 bits per heavy atom. The van der Waals surface area contributed by atoms with Crippen LogP contribution < -0.4 is 0 Å². The van der Waals surface area contributed by atoms with Crippen molar-refractivity contribution < 1.29 is 37.0 Å². The van der Waals surface area contributed by atoms with E-state index >= 15 is 0 Å². The molecule has 0 rings (SSSR count). The molecule has 3 N–H and O–H groups in total. The molecule has 0 saturated carbocycles. The third kappa shape index (κ3) is 23.7. The van der Waals surface area contributed by atoms with Gasteiger partial charge in [0.25, 0.3) is 0 Å². The summed E-state index contributed by atoms with van der Waals surface area (Å²) in [7, 11) is 0.360. The second kappa shape index (κ2) is 16.6. The Hall–Kier alpha value is -0.290. The Morgan fingerprint density at radius 3 is 1.74 bits per heavy atom. The number of hydrogen-bond acceptors (Lipinski definition) is 7. The smallest absolute Gasteiger partial charge is 0.217 e. The lowest BCUT2D eigenvalue weighted by Crippen LogP contribution is -2.50. The summed E-state index contributed by atoms with van der Waals surface area (Å²) >= 11 is 0. The largest absolute Gasteiger partial charge is 0.726 e. The number of aliphatic hydroxyl groups is 3. The fraction of sp³-hybridized carbons (Fsp3) is 1.00. The first-order valence-electron chi connectivity index (χ1n) is 9.77. The monoisotopic (exact) mass is 415 g/mol. The van der Waals surface area contributed by atoms with Gasteiger partial charge in [-0.05, 0) is 6.42 Å². The maximum absolute atomic E-state index is 10.1. The van der Waals surface area contributed by atoms with Gasteiger partial charge >= 0.3 is 0 Å². The number of nitrogens with zero attached hydrogens (tertiary/aromatic N) is 1. The zero-order valence-electron chi connectivity index (χ0n) is 17.5. The predicted molar refractivity (Wildman–Crippen MR) is 105 cm³/mol. The van der Waals surface area contributed by atoms with Gasteiger partial charge < -0.3 is 24.4 Å². The van der Waals surface area contributed by atoms with Gasteiger partial charge in [-0.25, -0.2) is 8.42 Å². The average molecular weight is 416 g/mol. The first-order chi connectivity index (χ1) is 12.5. The minimum absolute atomic E-state index is 0.212. The summed E-state index contributed by atoms with van der Waals surface area (Å²) < 4.78 is 31.6. The maximum atomic E-state index is 10.1. The molecule has 0 aliphatic heterocycles. The zero-order chi connectivity index (χ0) is 21.3. The number of quaternary nitrogens is 1. The Kier molecular flexibility index (Phi) is 17.8. The first kappa shape index (κ1) is 28.9. The highest BCUT2D eigenvalue weighted by molar-refractivity contribution is 7.80. The maximum Gasteiger partial charge on any atom is 0.217 e. The number of aliphatic hydroxyl groups excluding tert-OH is 3. The van der Waals surface area contributed by atoms with E-state index in [0.717, 1.165) is 20.0 Å². The molecular formula is C18H41NO7S. The summed E-state index contributed by atoms with van der Waals surface area (Å²) in [6.07, 6.45) is 10.1. The first-order valence-corrected chi connectivity index (χ1v) is 11.1. The second-order valence-corrected chi connectivity index (χ2v) is 8.78. The van der Waals surface area contributed by atoms with Crippen LogP contribution in [0.3, 0.4) is 0 Å². The topological polar surface area (TPSA) is 127 Å². The van der Waals surface area contributed by atoms with E-state index < -0.39 is 16.5 Å². The van der Waals surface area contributed by atoms with Gasteiger partial charge in [-0.15, -0.1) is 0 Å². The normalized spacial score (nSPS) is 14.4. The summed E-state index contributed by atoms with van der Waals surface area (Å²) in [6.45, 7) is 3.13. The summed E-state index contributed by atoms with van der Waals surface area (Å²) in [5.41, 5.74) is 0. The Morgan fingerprint density at radius 1 is 0.926 bits per heavy atom. The highest BCUT2D eigenvalue weighted by atomic mass is 32.3. The molecule has 2 atom stereocenters. The van der Waals surface area contributed by atoms with Gasteiger partial charge in [0.05, 0.1) is 27.8 Å². The van der Waals surface area contributed by atoms with Crippen LogP contribution in [0.25, 0.3) is 0 Å². The van der Waals surface area contributed by atoms with E-state index in [1.807, 2.05) is 14.1 Å². The molecule has 9 heteroatoms. The fourth-order valence-corrected chi connectivity index (χ4v) is 2.88. The lowest BCUT2D eigenvalue weighted by molar-refractivity contribution is -0.896. The Labute approximate surface area is 165 Å². The Balaban J connectivity index is 0. The van der Waals surface area contributed by atoms with Crippen molar-refractivity contribution in [2.45, 2.75) is 76.9 Å². The molecule has 0 saturated heterocycles. The van der Waals surface area contributed by atoms with Gasteiger partial charge in [0.15, 0.2) is 0 Å². The third-order valence-electron chi connectivity index (χ3n) is 4.22. The van der Waals surface area contributed by atoms with Crippen molar-refractivity contribution in [2.75, 3.05) is 40.9 Å². The van der Waals surface area contributed by atoms with Crippen LogP contribution in [-0.2, 0) is 14.6 Å². The molecule has 0 heterocycles. The molecule has 0 spiro atoms. The number of rotatable bonds is 15. The molecule has 0 aromatic heterocycles. The molecule has 166 valence electrons. The van der Waals surface area contributed by atoms with Gasteiger partial charge in [0.2, 0.25) is 10.4 Å². The standard InChI is InChI=1S/C17H38NO3.CH4O4S/c1-4-5-6-7-8-9-10-11-12-16(20)13-18(2,3)14-17(21)15-19;1-5-6(2,3)4/h16-17,19-21H,4-15H2,1-3H3;1H3,(H,2,3,4)/q+1;/p-1. The van der Waals surface area contributed by atoms with E-state index in [0.29, 0.717) is 17.6 Å². The molecule has 0 aromatic rings. The van der Waals surface area contributed by atoms with Crippen LogP contribution >= 0.6 is 0 Å². The summed E-state index contributed by atoms with van der Waals surface area (Å²) in [4.78, 5) is 0. The van der Waals surface area contributed by atoms with Crippen molar-refractivity contribution in [1.82, 2.24) is 0 Å². The van der Waals surface area contributed by atoms with Crippen LogP contribution in [0.2, 0.25) is 0 Å². The third-order valence-corrected chi connectivity index (χ3v) is 4.62. The van der Waals surface area contributed by atoms with E-state index in [1.54, 1.807) is 0 Å². The van der Waals surface area contributed by atoms with E-state index in [9.17, 15) is 23.2 Å². The van der Waals surface area contributed by atoms with Crippen LogP contribution in [0.5, 0.6) is 0 Å². The summed E-state index contributed by atoms with van der Waals surface area (Å²) in [6, 6.07) is 0. The van der Waals surface area contributed by atoms with Gasteiger partial charge in [-0.1, -0.05) is 58.3 Å². The van der Waals surface area contributed by atoms with Crippen molar-refractivity contribution in [3.05, 3.63) is 0 Å². The van der Waals surface area contributed by atoms with Crippen LogP contribution in [-0.4, -0.2) is 85.9 Å². The molecule has 0 fully saturated rings. The minimum atomic E-state index is -4.41. The molecule has 0 aliphatic rings. The van der Waals surface area contributed by atoms with Crippen molar-refractivity contribution in [2.24, 2.45) is 0 Å². The zero-order valence-corrected chi connectivity index (χ0v) is 18.3. The van der Waals surface area contributed by atoms with E-state index in [-0.39, 0.29) is 12.7 Å². The van der Waals surface area contributed by atoms with Gasteiger partial charge in [0, 0.05) is 0 Å². The molecule has 8 nitrogen and oxygen atoms in total. The van der Waals surface area contributed by atoms with Gasteiger partial charge in [0.1, 0.15) is 25.3 Å². The Bertz CT molecular complexity index is 429. The molecule has 0 amide bonds. The van der Waals surface area contributed by atoms with E-state index in [2.05, 4.69) is 11.1 Å². The van der Waals surface area contributed by atoms with Crippen LogP contribution in [0.4, 0.5) is 0 Å². The average Bonchev–Trinajstić information content (AvgIpc) is 2.56. The highest BCUT2D eigenvalue weighted by Gasteiger charge is 2.23. The SMILES string of the molecule is CCCCCCCCCCC(O)C[N+](C)(C)CC(O)CO.COS(=O)(=O)[O-]. The molecule has 2 unspecified atom stereocenters. The van der Waals surface area contributed by atoms with Crippen LogP contribution in [0.1, 0.15) is 64.7 Å². The van der Waals surface area contributed by atoms with Crippen LogP contribution in [0.15, 0.2) is 0 Å². The lowest BCUT2D eigenvalue weighted by atomic mass is 10.1. The quantitative estimate of drug-likeness (QED) is 0.160. The molecule has 0 radical (unpaired) electrons. The molecule has 27 heavy (non-hydrogen) atoms. The fourth-order valence-electron chi connectivity index (χ4n) is 2.88. The number of likely N-dealkylation sites (N-methyl/N-ethyl adjacent to an activating group) is 1. The number of unbranched alkanes of at least 4 members (excludes halogenated alkanes) is 7. The van der Waals surface area contributed by atoms with Gasteiger partial charge in [-0.2, -0.15) is 0 Å². The molecular weight excluding hydrogens is 374 g/mol. The van der Waals surface area contributed by atoms with Crippen molar-refractivity contribution in [3.8, 4) is 0 Å². The van der Waals surface area contributed by atoms with E-state index in [1.165, 1.54) is 44.9 Å². The summed E-state index contributed by atoms with van der Waals surface area (Å²) in [5, 5.41) is 28.5. The molecule has 0 aliphatic carbocycles. The second-order valence-electron chi connectivity index (χ2n) is 7.63. The lowest BCUT2D eigenvalue weighted by Gasteiger charge is -2.33. The summed E-state index contributed by atoms with van der Waals surface area (Å²) in [5.74, 6) is 0. The molecule has 0 bridgehead atoms. The molecule has 0 aromatic carbocycles. The van der Waals surface area contributed by atoms with Crippen molar-refractivity contribution in [3.63, 3.8) is 0 Å².